The minimum atomic E-state index is -0.251. The number of hydrogen-bond acceptors (Lipinski definition) is 7. The number of nitrogens with one attached hydrogen (secondary N) is 3. The van der Waals surface area contributed by atoms with Crippen molar-refractivity contribution in [3.8, 4) is 0 Å². The number of hydrogen-bond donors (Lipinski definition) is 4. The predicted molar refractivity (Wildman–Crippen MR) is 115 cm³/mol. The van der Waals surface area contributed by atoms with Crippen LogP contribution in [0.15, 0.2) is 12.7 Å². The summed E-state index contributed by atoms with van der Waals surface area (Å²) in [5.41, 5.74) is 6.89. The molecule has 0 aromatic heterocycles. The molecule has 0 spiro atoms. The van der Waals surface area contributed by atoms with E-state index in [1.165, 1.54) is 7.05 Å². The number of ether oxygens (including phenoxy) is 2. The van der Waals surface area contributed by atoms with Crippen LogP contribution in [-0.2, 0) is 23.9 Å². The highest BCUT2D eigenvalue weighted by atomic mass is 16.6. The van der Waals surface area contributed by atoms with Gasteiger partial charge in [-0.25, -0.2) is 5.48 Å². The van der Waals surface area contributed by atoms with Crippen LogP contribution in [0, 0.1) is 0 Å². The predicted octanol–water partition coefficient (Wildman–Crippen LogP) is 0.997. The van der Waals surface area contributed by atoms with Gasteiger partial charge in [-0.15, -0.1) is 6.58 Å². The standard InChI is InChI=1S/C13H27N3O5.C3H6.C2H6.CH5N/c1-3-4-7-19-8-9-20-10-12(17)15-5-6-16-13(18)11-21-14-2;1-3-2;2*1-2/h14H,3-11H2,1-2H3,(H,15,17)(H,16,18);3H,1H2,2H3;1-2H3;2H2,1H3. The highest BCUT2D eigenvalue weighted by molar-refractivity contribution is 5.78. The first-order valence-electron chi connectivity index (χ1n) is 9.74. The van der Waals surface area contributed by atoms with Crippen molar-refractivity contribution >= 4 is 11.8 Å². The number of nitrogens with two attached hydrogens (primary N) is 1. The minimum absolute atomic E-state index is 0.00600. The Hall–Kier alpha value is -1.52. The van der Waals surface area contributed by atoms with Crippen molar-refractivity contribution in [1.29, 1.82) is 0 Å². The van der Waals surface area contributed by atoms with Gasteiger partial charge in [0.15, 0.2) is 0 Å². The molecule has 0 saturated carbocycles. The largest absolute Gasteiger partial charge is 0.379 e. The molecule has 5 N–H and O–H groups in total. The number of carbonyl (C=O) groups excluding carboxylic acids is 2. The molecule has 0 radical (unpaired) electrons. The van der Waals surface area contributed by atoms with Crippen molar-refractivity contribution in [3.63, 3.8) is 0 Å². The molecule has 28 heavy (non-hydrogen) atoms. The van der Waals surface area contributed by atoms with E-state index in [2.05, 4.69) is 35.4 Å². The second kappa shape index (κ2) is 36.4. The Labute approximate surface area is 171 Å². The molecule has 0 saturated heterocycles. The Kier molecular flexibility index (Phi) is 44.2. The van der Waals surface area contributed by atoms with Gasteiger partial charge in [0.2, 0.25) is 11.8 Å². The van der Waals surface area contributed by atoms with E-state index in [4.69, 9.17) is 14.3 Å². The molecule has 0 aromatic carbocycles. The Morgan fingerprint density at radius 2 is 1.43 bits per heavy atom. The highest BCUT2D eigenvalue weighted by Gasteiger charge is 2.02. The van der Waals surface area contributed by atoms with E-state index in [0.29, 0.717) is 26.3 Å². The molecule has 0 aliphatic carbocycles. The number of amides is 2. The van der Waals surface area contributed by atoms with Gasteiger partial charge < -0.3 is 25.8 Å². The average molecular weight is 409 g/mol. The molecule has 0 aromatic rings. The smallest absolute Gasteiger partial charge is 0.248 e. The van der Waals surface area contributed by atoms with Crippen molar-refractivity contribution < 1.29 is 23.9 Å². The molecule has 9 nitrogen and oxygen atoms in total. The van der Waals surface area contributed by atoms with E-state index in [1.54, 1.807) is 13.1 Å². The van der Waals surface area contributed by atoms with Crippen LogP contribution in [0.4, 0.5) is 0 Å². The molecule has 0 bridgehead atoms. The molecule has 0 atom stereocenters. The van der Waals surface area contributed by atoms with Crippen LogP contribution in [0.25, 0.3) is 0 Å². The summed E-state index contributed by atoms with van der Waals surface area (Å²) >= 11 is 0. The lowest BCUT2D eigenvalue weighted by atomic mass is 10.4. The van der Waals surface area contributed by atoms with Crippen molar-refractivity contribution in [2.45, 2.75) is 40.5 Å². The monoisotopic (exact) mass is 408 g/mol. The summed E-state index contributed by atoms with van der Waals surface area (Å²) in [6.45, 7) is 13.6. The van der Waals surface area contributed by atoms with E-state index in [-0.39, 0.29) is 25.0 Å². The molecule has 0 unspecified atom stereocenters. The van der Waals surface area contributed by atoms with Gasteiger partial charge >= 0.3 is 0 Å². The quantitative estimate of drug-likeness (QED) is 0.192. The topological polar surface area (TPSA) is 124 Å². The number of carbonyl (C=O) groups is 2. The lowest BCUT2D eigenvalue weighted by Gasteiger charge is -2.08. The lowest BCUT2D eigenvalue weighted by Crippen LogP contribution is -2.38. The SMILES string of the molecule is C=CC.CC.CCCCOCCOCC(=O)NCCNC(=O)CONC.CN. The molecular weight excluding hydrogens is 364 g/mol. The van der Waals surface area contributed by atoms with Crippen molar-refractivity contribution in [2.75, 3.05) is 60.2 Å². The maximum absolute atomic E-state index is 11.4. The van der Waals surface area contributed by atoms with Crippen molar-refractivity contribution in [2.24, 2.45) is 5.73 Å². The molecule has 2 amide bonds. The second-order valence-electron chi connectivity index (χ2n) is 4.62. The molecule has 0 aliphatic heterocycles. The first kappa shape index (κ1) is 34.0. The number of rotatable bonds is 14. The third-order valence-electron chi connectivity index (χ3n) is 2.36. The van der Waals surface area contributed by atoms with Gasteiger partial charge in [0.05, 0.1) is 13.2 Å². The fourth-order valence-corrected chi connectivity index (χ4v) is 1.27. The second-order valence-corrected chi connectivity index (χ2v) is 4.62. The number of unbranched alkanes of at least 4 members (excludes halogenated alkanes) is 1. The van der Waals surface area contributed by atoms with Crippen molar-refractivity contribution in [3.05, 3.63) is 12.7 Å². The van der Waals surface area contributed by atoms with E-state index >= 15 is 0 Å². The van der Waals surface area contributed by atoms with Crippen LogP contribution in [0.5, 0.6) is 0 Å². The maximum atomic E-state index is 11.4. The summed E-state index contributed by atoms with van der Waals surface area (Å²) in [6, 6.07) is 0. The summed E-state index contributed by atoms with van der Waals surface area (Å²) in [5.74, 6) is -0.469. The van der Waals surface area contributed by atoms with Crippen LogP contribution in [0.3, 0.4) is 0 Å². The van der Waals surface area contributed by atoms with Gasteiger partial charge in [0.25, 0.3) is 0 Å². The third kappa shape index (κ3) is 39.5. The summed E-state index contributed by atoms with van der Waals surface area (Å²) in [7, 11) is 3.07. The van der Waals surface area contributed by atoms with Gasteiger partial charge in [-0.2, -0.15) is 0 Å². The van der Waals surface area contributed by atoms with E-state index in [1.807, 2.05) is 20.8 Å². The molecule has 0 fully saturated rings. The van der Waals surface area contributed by atoms with Gasteiger partial charge in [0, 0.05) is 26.7 Å². The van der Waals surface area contributed by atoms with Gasteiger partial charge in [-0.1, -0.05) is 33.3 Å². The minimum Gasteiger partial charge on any atom is -0.379 e. The van der Waals surface area contributed by atoms with Crippen LogP contribution < -0.4 is 21.8 Å². The van der Waals surface area contributed by atoms with Gasteiger partial charge in [-0.05, 0) is 20.4 Å². The summed E-state index contributed by atoms with van der Waals surface area (Å²) in [5, 5.41) is 5.22. The molecule has 0 rings (SSSR count). The van der Waals surface area contributed by atoms with E-state index in [9.17, 15) is 9.59 Å². The highest BCUT2D eigenvalue weighted by Crippen LogP contribution is 1.87. The van der Waals surface area contributed by atoms with Crippen LogP contribution >= 0.6 is 0 Å². The number of allylic oxidation sites excluding steroid dienone is 1. The summed E-state index contributed by atoms with van der Waals surface area (Å²) in [4.78, 5) is 27.2. The zero-order valence-electron chi connectivity index (χ0n) is 18.8. The molecule has 170 valence electrons. The van der Waals surface area contributed by atoms with Gasteiger partial charge in [0.1, 0.15) is 13.2 Å². The van der Waals surface area contributed by atoms with Crippen LogP contribution in [0.2, 0.25) is 0 Å². The van der Waals surface area contributed by atoms with Crippen molar-refractivity contribution in [1.82, 2.24) is 16.1 Å². The maximum Gasteiger partial charge on any atom is 0.248 e. The molecular formula is C19H44N4O5. The van der Waals surface area contributed by atoms with E-state index < -0.39 is 0 Å². The fraction of sp³-hybridized carbons (Fsp3) is 0.789. The molecule has 0 heterocycles. The summed E-state index contributed by atoms with van der Waals surface area (Å²) in [6.07, 6.45) is 3.88. The zero-order valence-corrected chi connectivity index (χ0v) is 18.8. The van der Waals surface area contributed by atoms with E-state index in [0.717, 1.165) is 19.4 Å². The normalized spacial score (nSPS) is 8.68. The van der Waals surface area contributed by atoms with Crippen LogP contribution in [-0.4, -0.2) is 72.0 Å². The lowest BCUT2D eigenvalue weighted by molar-refractivity contribution is -0.129. The van der Waals surface area contributed by atoms with Gasteiger partial charge in [-0.3, -0.25) is 14.4 Å². The fourth-order valence-electron chi connectivity index (χ4n) is 1.27. The Bertz CT molecular complexity index is 319. The molecule has 9 heteroatoms. The Balaban J connectivity index is -0.000000362. The summed E-state index contributed by atoms with van der Waals surface area (Å²) < 4.78 is 10.4. The molecule has 0 aliphatic rings. The average Bonchev–Trinajstić information content (AvgIpc) is 2.72. The zero-order chi connectivity index (χ0) is 22.5. The first-order chi connectivity index (χ1) is 13.6. The van der Waals surface area contributed by atoms with Crippen LogP contribution in [0.1, 0.15) is 40.5 Å². The number of hydroxylamine groups is 1. The third-order valence-corrected chi connectivity index (χ3v) is 2.36. The first-order valence-corrected chi connectivity index (χ1v) is 9.74. The Morgan fingerprint density at radius 3 is 1.89 bits per heavy atom. The Morgan fingerprint density at radius 1 is 0.964 bits per heavy atom.